The highest BCUT2D eigenvalue weighted by molar-refractivity contribution is 6.01. The fraction of sp³-hybridized carbons (Fsp3) is 0.238. The zero-order valence-electron chi connectivity index (χ0n) is 16.0. The molecule has 2 N–H and O–H groups in total. The minimum absolute atomic E-state index is 0.149. The SMILES string of the molecule is COc1ccc(C(=O)C(C)OC(=O)c2ccc(NC(=O)CCC(=O)O)cc2)cc1. The minimum atomic E-state index is -1.06. The summed E-state index contributed by atoms with van der Waals surface area (Å²) in [5, 5.41) is 11.1. The van der Waals surface area contributed by atoms with Crippen molar-refractivity contribution in [1.29, 1.82) is 0 Å². The fourth-order valence-corrected chi connectivity index (χ4v) is 2.41. The Balaban J connectivity index is 1.93. The predicted octanol–water partition coefficient (Wildman–Crippen LogP) is 2.93. The van der Waals surface area contributed by atoms with Crippen molar-refractivity contribution in [2.45, 2.75) is 25.9 Å². The number of carboxylic acids is 1. The third-order valence-corrected chi connectivity index (χ3v) is 4.00. The van der Waals surface area contributed by atoms with Crippen molar-refractivity contribution < 1.29 is 33.8 Å². The van der Waals surface area contributed by atoms with E-state index in [-0.39, 0.29) is 24.2 Å². The molecule has 0 aromatic heterocycles. The monoisotopic (exact) mass is 399 g/mol. The van der Waals surface area contributed by atoms with Crippen molar-refractivity contribution >= 4 is 29.3 Å². The van der Waals surface area contributed by atoms with Crippen molar-refractivity contribution in [2.75, 3.05) is 12.4 Å². The van der Waals surface area contributed by atoms with Crippen molar-refractivity contribution in [3.63, 3.8) is 0 Å². The van der Waals surface area contributed by atoms with Crippen molar-refractivity contribution in [3.8, 4) is 5.75 Å². The summed E-state index contributed by atoms with van der Waals surface area (Å²) < 4.78 is 10.3. The molecule has 0 saturated carbocycles. The summed E-state index contributed by atoms with van der Waals surface area (Å²) in [6.07, 6.45) is -1.40. The molecule has 0 heterocycles. The van der Waals surface area contributed by atoms with Gasteiger partial charge in [0.2, 0.25) is 11.7 Å². The topological polar surface area (TPSA) is 119 Å². The Morgan fingerprint density at radius 3 is 2.07 bits per heavy atom. The van der Waals surface area contributed by atoms with Gasteiger partial charge < -0.3 is 19.9 Å². The van der Waals surface area contributed by atoms with E-state index in [1.165, 1.54) is 38.3 Å². The molecule has 0 radical (unpaired) electrons. The van der Waals surface area contributed by atoms with Crippen LogP contribution in [0.1, 0.15) is 40.5 Å². The molecular weight excluding hydrogens is 378 g/mol. The first kappa shape index (κ1) is 21.6. The van der Waals surface area contributed by atoms with Gasteiger partial charge in [-0.1, -0.05) is 0 Å². The molecule has 8 nitrogen and oxygen atoms in total. The van der Waals surface area contributed by atoms with Crippen LogP contribution in [0, 0.1) is 0 Å². The number of amides is 1. The standard InChI is InChI=1S/C21H21NO7/c1-13(20(26)14-5-9-17(28-2)10-6-14)29-21(27)15-3-7-16(8-4-15)22-18(23)11-12-19(24)25/h3-10,13H,11-12H2,1-2H3,(H,22,23)(H,24,25). The van der Waals surface area contributed by atoms with Gasteiger partial charge in [-0.2, -0.15) is 0 Å². The van der Waals surface area contributed by atoms with Gasteiger partial charge in [-0.05, 0) is 55.5 Å². The third kappa shape index (κ3) is 6.46. The lowest BCUT2D eigenvalue weighted by Crippen LogP contribution is -2.24. The first-order valence-corrected chi connectivity index (χ1v) is 8.81. The normalized spacial score (nSPS) is 11.2. The number of carbonyl (C=O) groups excluding carboxylic acids is 3. The molecule has 1 atom stereocenters. The molecule has 0 spiro atoms. The average Bonchev–Trinajstić information content (AvgIpc) is 2.72. The Morgan fingerprint density at radius 1 is 0.931 bits per heavy atom. The number of carbonyl (C=O) groups is 4. The summed E-state index contributed by atoms with van der Waals surface area (Å²) in [5.74, 6) is -1.91. The van der Waals surface area contributed by atoms with Crippen LogP contribution < -0.4 is 10.1 Å². The van der Waals surface area contributed by atoms with Crippen LogP contribution in [0.5, 0.6) is 5.75 Å². The number of ketones is 1. The lowest BCUT2D eigenvalue weighted by Gasteiger charge is -2.13. The molecule has 152 valence electrons. The molecule has 2 aromatic carbocycles. The zero-order chi connectivity index (χ0) is 21.4. The number of carboxylic acid groups (broad SMARTS) is 1. The van der Waals surface area contributed by atoms with Gasteiger partial charge in [0.15, 0.2) is 6.10 Å². The number of hydrogen-bond acceptors (Lipinski definition) is 6. The second-order valence-electron chi connectivity index (χ2n) is 6.16. The van der Waals surface area contributed by atoms with Gasteiger partial charge in [-0.15, -0.1) is 0 Å². The van der Waals surface area contributed by atoms with E-state index in [1.54, 1.807) is 24.3 Å². The van der Waals surface area contributed by atoms with Gasteiger partial charge in [-0.25, -0.2) is 4.79 Å². The summed E-state index contributed by atoms with van der Waals surface area (Å²) in [6.45, 7) is 1.49. The molecule has 0 saturated heterocycles. The van der Waals surface area contributed by atoms with E-state index in [1.807, 2.05) is 0 Å². The summed E-state index contributed by atoms with van der Waals surface area (Å²) in [5.41, 5.74) is 1.02. The number of rotatable bonds is 9. The van der Waals surface area contributed by atoms with Crippen molar-refractivity contribution in [1.82, 2.24) is 0 Å². The molecule has 0 aliphatic carbocycles. The van der Waals surface area contributed by atoms with Crippen LogP contribution in [-0.4, -0.2) is 41.9 Å². The average molecular weight is 399 g/mol. The van der Waals surface area contributed by atoms with E-state index in [0.717, 1.165) is 0 Å². The molecule has 1 amide bonds. The Hall–Kier alpha value is -3.68. The Bertz CT molecular complexity index is 888. The lowest BCUT2D eigenvalue weighted by molar-refractivity contribution is -0.138. The highest BCUT2D eigenvalue weighted by Crippen LogP contribution is 2.16. The van der Waals surface area contributed by atoms with Crippen LogP contribution in [0.4, 0.5) is 5.69 Å². The van der Waals surface area contributed by atoms with E-state index in [9.17, 15) is 19.2 Å². The number of benzene rings is 2. The Kier molecular flexibility index (Phi) is 7.47. The van der Waals surface area contributed by atoms with Crippen LogP contribution in [-0.2, 0) is 14.3 Å². The fourth-order valence-electron chi connectivity index (χ4n) is 2.41. The molecule has 0 bridgehead atoms. The Morgan fingerprint density at radius 2 is 1.52 bits per heavy atom. The highest BCUT2D eigenvalue weighted by Gasteiger charge is 2.20. The molecule has 2 aromatic rings. The largest absolute Gasteiger partial charge is 0.497 e. The van der Waals surface area contributed by atoms with Crippen LogP contribution in [0.25, 0.3) is 0 Å². The molecule has 0 fully saturated rings. The van der Waals surface area contributed by atoms with Gasteiger partial charge in [-0.3, -0.25) is 14.4 Å². The summed E-state index contributed by atoms with van der Waals surface area (Å²) in [7, 11) is 1.52. The minimum Gasteiger partial charge on any atom is -0.497 e. The van der Waals surface area contributed by atoms with Crippen LogP contribution >= 0.6 is 0 Å². The van der Waals surface area contributed by atoms with Gasteiger partial charge in [0.05, 0.1) is 19.1 Å². The number of ether oxygens (including phenoxy) is 2. The number of anilines is 1. The van der Waals surface area contributed by atoms with E-state index in [4.69, 9.17) is 14.6 Å². The molecule has 2 rings (SSSR count). The number of esters is 1. The number of methoxy groups -OCH3 is 1. The molecule has 1 unspecified atom stereocenters. The number of Topliss-reactive ketones (excluding diaryl/α,β-unsaturated/α-hetero) is 1. The van der Waals surface area contributed by atoms with Gasteiger partial charge in [0.25, 0.3) is 0 Å². The van der Waals surface area contributed by atoms with Crippen LogP contribution in [0.2, 0.25) is 0 Å². The molecule has 8 heteroatoms. The van der Waals surface area contributed by atoms with E-state index < -0.39 is 23.9 Å². The maximum atomic E-state index is 12.4. The quantitative estimate of drug-likeness (QED) is 0.491. The summed E-state index contributed by atoms with van der Waals surface area (Å²) in [4.78, 5) is 46.7. The van der Waals surface area contributed by atoms with Gasteiger partial charge in [0.1, 0.15) is 5.75 Å². The lowest BCUT2D eigenvalue weighted by atomic mass is 10.1. The number of hydrogen-bond donors (Lipinski definition) is 2. The van der Waals surface area contributed by atoms with Gasteiger partial charge >= 0.3 is 11.9 Å². The summed E-state index contributed by atoms with van der Waals surface area (Å²) in [6, 6.07) is 12.3. The summed E-state index contributed by atoms with van der Waals surface area (Å²) >= 11 is 0. The maximum absolute atomic E-state index is 12.4. The first-order chi connectivity index (χ1) is 13.8. The first-order valence-electron chi connectivity index (χ1n) is 8.81. The smallest absolute Gasteiger partial charge is 0.338 e. The maximum Gasteiger partial charge on any atom is 0.338 e. The molecule has 0 aliphatic rings. The molecule has 29 heavy (non-hydrogen) atoms. The van der Waals surface area contributed by atoms with Crippen LogP contribution in [0.15, 0.2) is 48.5 Å². The van der Waals surface area contributed by atoms with Crippen molar-refractivity contribution in [3.05, 3.63) is 59.7 Å². The van der Waals surface area contributed by atoms with E-state index in [2.05, 4.69) is 5.32 Å². The van der Waals surface area contributed by atoms with E-state index >= 15 is 0 Å². The third-order valence-electron chi connectivity index (χ3n) is 4.00. The van der Waals surface area contributed by atoms with Crippen molar-refractivity contribution in [2.24, 2.45) is 0 Å². The Labute approximate surface area is 167 Å². The van der Waals surface area contributed by atoms with Gasteiger partial charge in [0, 0.05) is 17.7 Å². The second-order valence-corrected chi connectivity index (χ2v) is 6.16. The highest BCUT2D eigenvalue weighted by atomic mass is 16.5. The van der Waals surface area contributed by atoms with Crippen LogP contribution in [0.3, 0.4) is 0 Å². The predicted molar refractivity (Wildman–Crippen MR) is 104 cm³/mol. The number of aliphatic carboxylic acids is 1. The van der Waals surface area contributed by atoms with E-state index in [0.29, 0.717) is 17.0 Å². The second kappa shape index (κ2) is 10.0. The number of nitrogens with one attached hydrogen (secondary N) is 1. The molecular formula is C21H21NO7. The molecule has 0 aliphatic heterocycles. The zero-order valence-corrected chi connectivity index (χ0v) is 16.0.